The van der Waals surface area contributed by atoms with Gasteiger partial charge in [0.05, 0.1) is 6.26 Å². The van der Waals surface area contributed by atoms with Crippen LogP contribution in [-0.4, -0.2) is 21.3 Å². The molecule has 2 aromatic rings. The summed E-state index contributed by atoms with van der Waals surface area (Å²) in [5.41, 5.74) is 0.973. The maximum Gasteiger partial charge on any atom is 0.197 e. The van der Waals surface area contributed by atoms with Crippen LogP contribution in [0.5, 0.6) is 0 Å². The van der Waals surface area contributed by atoms with Gasteiger partial charge in [-0.2, -0.15) is 5.10 Å². The zero-order valence-electron chi connectivity index (χ0n) is 11.3. The van der Waals surface area contributed by atoms with E-state index in [0.717, 1.165) is 37.3 Å². The lowest BCUT2D eigenvalue weighted by molar-refractivity contribution is 0.488. The lowest BCUT2D eigenvalue weighted by Crippen LogP contribution is -2.25. The average molecular weight is 283 g/mol. The summed E-state index contributed by atoms with van der Waals surface area (Å²) in [6.07, 6.45) is 5.01. The molecule has 2 heterocycles. The highest BCUT2D eigenvalue weighted by molar-refractivity contribution is 6.29. The van der Waals surface area contributed by atoms with Crippen molar-refractivity contribution in [3.63, 3.8) is 0 Å². The van der Waals surface area contributed by atoms with E-state index in [2.05, 4.69) is 29.2 Å². The van der Waals surface area contributed by atoms with E-state index < -0.39 is 0 Å². The third-order valence-corrected chi connectivity index (χ3v) is 3.35. The predicted molar refractivity (Wildman–Crippen MR) is 74.2 cm³/mol. The minimum atomic E-state index is 0.0979. The number of nitrogens with zero attached hydrogens (tertiary/aromatic N) is 3. The Morgan fingerprint density at radius 1 is 1.47 bits per heavy atom. The zero-order chi connectivity index (χ0) is 13.7. The number of aryl methyl sites for hydroxylation is 1. The molecule has 2 rings (SSSR count). The number of nitrogens with one attached hydrogen (secondary N) is 1. The summed E-state index contributed by atoms with van der Waals surface area (Å²) in [5.74, 6) is 0.952. The first kappa shape index (κ1) is 14.1. The standard InChI is InChI=1S/C13H19ClN4O/c1-3-6-15-11(10-5-7-19-13(10)14)8-12-16-9-17-18(12)4-2/h5,7,9,11,15H,3-4,6,8H2,1-2H3. The molecule has 1 unspecified atom stereocenters. The van der Waals surface area contributed by atoms with Crippen LogP contribution in [0.4, 0.5) is 0 Å². The van der Waals surface area contributed by atoms with Crippen LogP contribution in [0.2, 0.25) is 5.22 Å². The second-order valence-corrected chi connectivity index (χ2v) is 4.70. The number of hydrogen-bond acceptors (Lipinski definition) is 4. The second kappa shape index (κ2) is 6.73. The molecule has 5 nitrogen and oxygen atoms in total. The lowest BCUT2D eigenvalue weighted by atomic mass is 10.1. The highest BCUT2D eigenvalue weighted by atomic mass is 35.5. The van der Waals surface area contributed by atoms with E-state index in [9.17, 15) is 0 Å². The van der Waals surface area contributed by atoms with Crippen molar-refractivity contribution in [2.45, 2.75) is 39.3 Å². The Bertz CT molecular complexity index is 508. The smallest absolute Gasteiger partial charge is 0.197 e. The minimum Gasteiger partial charge on any atom is -0.453 e. The van der Waals surface area contributed by atoms with E-state index in [-0.39, 0.29) is 6.04 Å². The fourth-order valence-corrected chi connectivity index (χ4v) is 2.30. The largest absolute Gasteiger partial charge is 0.453 e. The molecule has 0 aliphatic heterocycles. The van der Waals surface area contributed by atoms with Crippen LogP contribution in [0.3, 0.4) is 0 Å². The van der Waals surface area contributed by atoms with Crippen molar-refractivity contribution in [2.24, 2.45) is 0 Å². The maximum absolute atomic E-state index is 6.08. The van der Waals surface area contributed by atoms with Gasteiger partial charge in [0.15, 0.2) is 5.22 Å². The summed E-state index contributed by atoms with van der Waals surface area (Å²) < 4.78 is 7.08. The molecule has 0 saturated carbocycles. The SMILES string of the molecule is CCCNC(Cc1ncnn1CC)c1ccoc1Cl. The minimum absolute atomic E-state index is 0.0979. The number of aromatic nitrogens is 3. The van der Waals surface area contributed by atoms with Crippen LogP contribution in [-0.2, 0) is 13.0 Å². The molecule has 6 heteroatoms. The topological polar surface area (TPSA) is 55.9 Å². The molecule has 0 bridgehead atoms. The van der Waals surface area contributed by atoms with Gasteiger partial charge in [-0.05, 0) is 37.6 Å². The molecular formula is C13H19ClN4O. The molecule has 0 aliphatic rings. The third kappa shape index (κ3) is 3.36. The Balaban J connectivity index is 2.17. The van der Waals surface area contributed by atoms with E-state index in [4.69, 9.17) is 16.0 Å². The summed E-state index contributed by atoms with van der Waals surface area (Å²) in [4.78, 5) is 4.31. The van der Waals surface area contributed by atoms with Crippen molar-refractivity contribution < 1.29 is 4.42 Å². The molecule has 0 aromatic carbocycles. The van der Waals surface area contributed by atoms with Crippen LogP contribution in [0.15, 0.2) is 23.1 Å². The van der Waals surface area contributed by atoms with Crippen molar-refractivity contribution in [1.82, 2.24) is 20.1 Å². The van der Waals surface area contributed by atoms with Gasteiger partial charge >= 0.3 is 0 Å². The molecule has 0 fully saturated rings. The Labute approximate surface area is 118 Å². The zero-order valence-corrected chi connectivity index (χ0v) is 12.0. The normalized spacial score (nSPS) is 12.8. The monoisotopic (exact) mass is 282 g/mol. The van der Waals surface area contributed by atoms with Gasteiger partial charge in [0, 0.05) is 24.6 Å². The highest BCUT2D eigenvalue weighted by Crippen LogP contribution is 2.26. The molecule has 0 saturated heterocycles. The van der Waals surface area contributed by atoms with Crippen LogP contribution >= 0.6 is 11.6 Å². The Kier molecular flexibility index (Phi) is 4.99. The quantitative estimate of drug-likeness (QED) is 0.848. The fourth-order valence-electron chi connectivity index (χ4n) is 2.06. The average Bonchev–Trinajstić information content (AvgIpc) is 3.03. The Morgan fingerprint density at radius 3 is 2.95 bits per heavy atom. The van der Waals surface area contributed by atoms with Crippen molar-refractivity contribution in [1.29, 1.82) is 0 Å². The van der Waals surface area contributed by atoms with Crippen molar-refractivity contribution in [2.75, 3.05) is 6.54 Å². The third-order valence-electron chi connectivity index (χ3n) is 3.04. The lowest BCUT2D eigenvalue weighted by Gasteiger charge is -2.17. The maximum atomic E-state index is 6.08. The molecule has 19 heavy (non-hydrogen) atoms. The first-order valence-corrected chi connectivity index (χ1v) is 6.97. The molecule has 104 valence electrons. The van der Waals surface area contributed by atoms with E-state index in [1.807, 2.05) is 10.7 Å². The van der Waals surface area contributed by atoms with Gasteiger partial charge in [-0.15, -0.1) is 0 Å². The van der Waals surface area contributed by atoms with Crippen LogP contribution in [0.1, 0.15) is 37.7 Å². The molecule has 0 aliphatic carbocycles. The van der Waals surface area contributed by atoms with Crippen LogP contribution in [0, 0.1) is 0 Å². The Morgan fingerprint density at radius 2 is 2.32 bits per heavy atom. The predicted octanol–water partition coefficient (Wildman–Crippen LogP) is 2.83. The van der Waals surface area contributed by atoms with Crippen molar-refractivity contribution in [3.05, 3.63) is 35.3 Å². The number of furan rings is 1. The van der Waals surface area contributed by atoms with Gasteiger partial charge < -0.3 is 9.73 Å². The van der Waals surface area contributed by atoms with Gasteiger partial charge in [0.25, 0.3) is 0 Å². The van der Waals surface area contributed by atoms with Gasteiger partial charge in [-0.1, -0.05) is 6.92 Å². The summed E-state index contributed by atoms with van der Waals surface area (Å²) in [7, 11) is 0. The van der Waals surface area contributed by atoms with Crippen molar-refractivity contribution >= 4 is 11.6 Å². The summed E-state index contributed by atoms with van der Waals surface area (Å²) >= 11 is 6.08. The Hall–Kier alpha value is -1.33. The summed E-state index contributed by atoms with van der Waals surface area (Å²) in [6.45, 7) is 5.93. The van der Waals surface area contributed by atoms with Gasteiger partial charge in [0.1, 0.15) is 12.2 Å². The first-order valence-electron chi connectivity index (χ1n) is 6.59. The van der Waals surface area contributed by atoms with Crippen LogP contribution in [0.25, 0.3) is 0 Å². The summed E-state index contributed by atoms with van der Waals surface area (Å²) in [5, 5.41) is 8.11. The van der Waals surface area contributed by atoms with E-state index in [1.165, 1.54) is 0 Å². The molecule has 1 N–H and O–H groups in total. The van der Waals surface area contributed by atoms with Gasteiger partial charge in [-0.3, -0.25) is 4.68 Å². The second-order valence-electron chi connectivity index (χ2n) is 4.35. The number of rotatable bonds is 7. The van der Waals surface area contributed by atoms with E-state index >= 15 is 0 Å². The molecule has 0 spiro atoms. The van der Waals surface area contributed by atoms with E-state index in [1.54, 1.807) is 12.6 Å². The molecule has 2 aromatic heterocycles. The molecule has 0 amide bonds. The fraction of sp³-hybridized carbons (Fsp3) is 0.538. The van der Waals surface area contributed by atoms with Crippen LogP contribution < -0.4 is 5.32 Å². The molecule has 0 radical (unpaired) electrons. The summed E-state index contributed by atoms with van der Waals surface area (Å²) in [6, 6.07) is 2.00. The molecule has 1 atom stereocenters. The van der Waals surface area contributed by atoms with Gasteiger partial charge in [-0.25, -0.2) is 4.98 Å². The molecular weight excluding hydrogens is 264 g/mol. The number of hydrogen-bond donors (Lipinski definition) is 1. The van der Waals surface area contributed by atoms with Crippen molar-refractivity contribution in [3.8, 4) is 0 Å². The highest BCUT2D eigenvalue weighted by Gasteiger charge is 2.19. The van der Waals surface area contributed by atoms with E-state index in [0.29, 0.717) is 5.22 Å². The van der Waals surface area contributed by atoms with Gasteiger partial charge in [0.2, 0.25) is 0 Å². The first-order chi connectivity index (χ1) is 9.26. The number of halogens is 1.